The summed E-state index contributed by atoms with van der Waals surface area (Å²) in [6, 6.07) is 9.81. The van der Waals surface area contributed by atoms with E-state index in [1.165, 1.54) is 0 Å². The summed E-state index contributed by atoms with van der Waals surface area (Å²) in [5.41, 5.74) is 0.876. The molecule has 0 spiro atoms. The van der Waals surface area contributed by atoms with E-state index in [4.69, 9.17) is 32.7 Å². The van der Waals surface area contributed by atoms with E-state index in [-0.39, 0.29) is 26.9 Å². The van der Waals surface area contributed by atoms with E-state index in [0.29, 0.717) is 25.5 Å². The molecule has 0 saturated carbocycles. The Labute approximate surface area is 185 Å². The van der Waals surface area contributed by atoms with E-state index in [1.807, 2.05) is 32.0 Å². The fourth-order valence-electron chi connectivity index (χ4n) is 3.05. The Bertz CT molecular complexity index is 962. The van der Waals surface area contributed by atoms with Crippen LogP contribution in [0.2, 0.25) is 10.0 Å². The number of hydrogen-bond donors (Lipinski definition) is 2. The van der Waals surface area contributed by atoms with Crippen LogP contribution in [-0.4, -0.2) is 37.6 Å². The largest absolute Gasteiger partial charge is 0.486 e. The number of amides is 2. The highest BCUT2D eigenvalue weighted by Gasteiger charge is 2.26. The number of ether oxygens (including phenoxy) is 2. The Morgan fingerprint density at radius 3 is 2.53 bits per heavy atom. The predicted molar refractivity (Wildman–Crippen MR) is 117 cm³/mol. The highest BCUT2D eigenvalue weighted by atomic mass is 35.5. The summed E-state index contributed by atoms with van der Waals surface area (Å²) in [6.07, 6.45) is 0. The van der Waals surface area contributed by atoms with Crippen LogP contribution in [0.15, 0.2) is 36.4 Å². The molecule has 1 aliphatic heterocycles. The van der Waals surface area contributed by atoms with Crippen molar-refractivity contribution in [1.82, 2.24) is 10.6 Å². The van der Waals surface area contributed by atoms with E-state index in [1.54, 1.807) is 25.1 Å². The minimum atomic E-state index is -0.747. The zero-order valence-corrected chi connectivity index (χ0v) is 18.6. The highest BCUT2D eigenvalue weighted by Crippen LogP contribution is 2.35. The van der Waals surface area contributed by atoms with Crippen molar-refractivity contribution < 1.29 is 19.1 Å². The minimum Gasteiger partial charge on any atom is -0.486 e. The molecule has 2 amide bonds. The lowest BCUT2D eigenvalue weighted by molar-refractivity contribution is -0.122. The maximum absolute atomic E-state index is 12.5. The number of carbonyl (C=O) groups excluding carboxylic acids is 2. The molecular formula is C22H24Cl2N2O4. The molecule has 0 aliphatic carbocycles. The average molecular weight is 451 g/mol. The van der Waals surface area contributed by atoms with Gasteiger partial charge in [-0.05, 0) is 36.8 Å². The maximum Gasteiger partial charge on any atom is 0.253 e. The maximum atomic E-state index is 12.5. The van der Waals surface area contributed by atoms with Crippen molar-refractivity contribution >= 4 is 35.0 Å². The Morgan fingerprint density at radius 2 is 1.80 bits per heavy atom. The summed E-state index contributed by atoms with van der Waals surface area (Å²) >= 11 is 12.0. The fraction of sp³-hybridized carbons (Fsp3) is 0.364. The van der Waals surface area contributed by atoms with Crippen LogP contribution in [0.3, 0.4) is 0 Å². The molecule has 0 fully saturated rings. The van der Waals surface area contributed by atoms with Crippen molar-refractivity contribution in [2.75, 3.05) is 19.8 Å². The summed E-state index contributed by atoms with van der Waals surface area (Å²) in [6.45, 7) is 7.09. The van der Waals surface area contributed by atoms with Crippen LogP contribution in [0.1, 0.15) is 36.7 Å². The van der Waals surface area contributed by atoms with Gasteiger partial charge in [-0.2, -0.15) is 0 Å². The second-order valence-corrected chi connectivity index (χ2v) is 8.54. The molecule has 0 aromatic heterocycles. The van der Waals surface area contributed by atoms with E-state index in [0.717, 1.165) is 11.3 Å². The van der Waals surface area contributed by atoms with E-state index < -0.39 is 11.9 Å². The molecule has 2 aromatic rings. The molecule has 160 valence electrons. The first kappa shape index (κ1) is 22.2. The van der Waals surface area contributed by atoms with Gasteiger partial charge in [0.25, 0.3) is 5.91 Å². The second-order valence-electron chi connectivity index (χ2n) is 7.76. The lowest BCUT2D eigenvalue weighted by Gasteiger charge is -2.28. The van der Waals surface area contributed by atoms with Crippen molar-refractivity contribution in [1.29, 1.82) is 0 Å². The minimum absolute atomic E-state index is 0.156. The zero-order chi connectivity index (χ0) is 21.9. The third kappa shape index (κ3) is 4.99. The molecule has 0 radical (unpaired) electrons. The standard InChI is InChI=1S/C22H24Cl2N2O4/c1-13(26-21(28)15-5-4-6-16(23)19(15)24)20(27)25-12-22(2,3)14-7-8-17-18(11-14)30-10-9-29-17/h4-8,11,13H,9-10,12H2,1-3H3,(H,25,27)(H,26,28). The number of carbonyl (C=O) groups is 2. The fourth-order valence-corrected chi connectivity index (χ4v) is 3.43. The molecule has 2 aromatic carbocycles. The van der Waals surface area contributed by atoms with E-state index in [2.05, 4.69) is 10.6 Å². The summed E-state index contributed by atoms with van der Waals surface area (Å²) in [5, 5.41) is 5.99. The van der Waals surface area contributed by atoms with Crippen LogP contribution in [-0.2, 0) is 10.2 Å². The molecule has 8 heteroatoms. The van der Waals surface area contributed by atoms with Gasteiger partial charge in [0.1, 0.15) is 19.3 Å². The molecule has 0 saturated heterocycles. The van der Waals surface area contributed by atoms with Gasteiger partial charge in [-0.3, -0.25) is 9.59 Å². The number of rotatable bonds is 6. The SMILES string of the molecule is CC(NC(=O)c1cccc(Cl)c1Cl)C(=O)NCC(C)(C)c1ccc2c(c1)OCCO2. The molecule has 1 aliphatic rings. The summed E-state index contributed by atoms with van der Waals surface area (Å²) in [4.78, 5) is 25.0. The first-order chi connectivity index (χ1) is 14.2. The Morgan fingerprint density at radius 1 is 1.10 bits per heavy atom. The number of fused-ring (bicyclic) bond motifs is 1. The van der Waals surface area contributed by atoms with Gasteiger partial charge < -0.3 is 20.1 Å². The average Bonchev–Trinajstić information content (AvgIpc) is 2.73. The smallest absolute Gasteiger partial charge is 0.253 e. The van der Waals surface area contributed by atoms with Crippen molar-refractivity contribution in [3.63, 3.8) is 0 Å². The summed E-state index contributed by atoms with van der Waals surface area (Å²) < 4.78 is 11.2. The van der Waals surface area contributed by atoms with Crippen LogP contribution in [0.4, 0.5) is 0 Å². The molecule has 6 nitrogen and oxygen atoms in total. The Hall–Kier alpha value is -2.44. The van der Waals surface area contributed by atoms with Gasteiger partial charge in [0.2, 0.25) is 5.91 Å². The van der Waals surface area contributed by atoms with Gasteiger partial charge in [0, 0.05) is 12.0 Å². The van der Waals surface area contributed by atoms with Crippen molar-refractivity contribution in [3.05, 3.63) is 57.6 Å². The highest BCUT2D eigenvalue weighted by molar-refractivity contribution is 6.43. The summed E-state index contributed by atoms with van der Waals surface area (Å²) in [7, 11) is 0. The Balaban J connectivity index is 1.60. The van der Waals surface area contributed by atoms with Gasteiger partial charge in [0.15, 0.2) is 11.5 Å². The zero-order valence-electron chi connectivity index (χ0n) is 17.1. The molecule has 2 N–H and O–H groups in total. The van der Waals surface area contributed by atoms with Gasteiger partial charge >= 0.3 is 0 Å². The third-order valence-corrected chi connectivity index (χ3v) is 5.78. The van der Waals surface area contributed by atoms with Crippen molar-refractivity contribution in [3.8, 4) is 11.5 Å². The molecule has 0 bridgehead atoms. The summed E-state index contributed by atoms with van der Waals surface area (Å²) in [5.74, 6) is 0.668. The molecule has 30 heavy (non-hydrogen) atoms. The van der Waals surface area contributed by atoms with Crippen LogP contribution >= 0.6 is 23.2 Å². The molecule has 1 unspecified atom stereocenters. The van der Waals surface area contributed by atoms with Gasteiger partial charge in [-0.15, -0.1) is 0 Å². The lowest BCUT2D eigenvalue weighted by atomic mass is 9.84. The normalized spacial score (nSPS) is 14.0. The molecule has 3 rings (SSSR count). The topological polar surface area (TPSA) is 76.7 Å². The number of hydrogen-bond acceptors (Lipinski definition) is 4. The van der Waals surface area contributed by atoms with Crippen molar-refractivity contribution in [2.24, 2.45) is 0 Å². The van der Waals surface area contributed by atoms with E-state index in [9.17, 15) is 9.59 Å². The van der Waals surface area contributed by atoms with Gasteiger partial charge in [-0.25, -0.2) is 0 Å². The molecule has 1 atom stereocenters. The monoisotopic (exact) mass is 450 g/mol. The quantitative estimate of drug-likeness (QED) is 0.697. The first-order valence-electron chi connectivity index (χ1n) is 9.62. The molecular weight excluding hydrogens is 427 g/mol. The number of halogens is 2. The Kier molecular flexibility index (Phi) is 6.78. The van der Waals surface area contributed by atoms with Crippen LogP contribution < -0.4 is 20.1 Å². The van der Waals surface area contributed by atoms with Crippen LogP contribution in [0.5, 0.6) is 11.5 Å². The predicted octanol–water partition coefficient (Wildman–Crippen LogP) is 3.98. The molecule has 1 heterocycles. The lowest BCUT2D eigenvalue weighted by Crippen LogP contribution is -2.47. The third-order valence-electron chi connectivity index (χ3n) is 4.97. The van der Waals surface area contributed by atoms with Crippen molar-refractivity contribution in [2.45, 2.75) is 32.2 Å². The second kappa shape index (κ2) is 9.14. The van der Waals surface area contributed by atoms with Gasteiger partial charge in [0.05, 0.1) is 15.6 Å². The number of benzene rings is 2. The number of nitrogens with one attached hydrogen (secondary N) is 2. The van der Waals surface area contributed by atoms with Gasteiger partial charge in [-0.1, -0.05) is 49.2 Å². The van der Waals surface area contributed by atoms with Crippen LogP contribution in [0, 0.1) is 0 Å². The van der Waals surface area contributed by atoms with E-state index >= 15 is 0 Å². The first-order valence-corrected chi connectivity index (χ1v) is 10.4. The van der Waals surface area contributed by atoms with Crippen LogP contribution in [0.25, 0.3) is 0 Å².